The highest BCUT2D eigenvalue weighted by molar-refractivity contribution is 7.22. The maximum absolute atomic E-state index is 3.12. The van der Waals surface area contributed by atoms with Crippen LogP contribution in [0.4, 0.5) is 0 Å². The average molecular weight is 1150 g/mol. The third-order valence-corrected chi connectivity index (χ3v) is 28.5. The minimum Gasteiger partial charge on any atom is -0.0623 e. The molecule has 16 aromatic rings. The molecule has 2 heteroatoms. The molecule has 412 valence electrons. The molecular weight excluding hydrogens is 1090 g/mol. The molecule has 88 heavy (non-hydrogen) atoms. The van der Waals surface area contributed by atoms with Gasteiger partial charge in [-0.05, 0) is 152 Å². The number of fused-ring (bicyclic) bond motifs is 5. The van der Waals surface area contributed by atoms with Gasteiger partial charge in [-0.15, -0.1) is 0 Å². The Bertz CT molecular complexity index is 4950. The van der Waals surface area contributed by atoms with Gasteiger partial charge in [0.1, 0.15) is 0 Å². The quantitative estimate of drug-likeness (QED) is 0.0650. The lowest BCUT2D eigenvalue weighted by molar-refractivity contribution is 1.61. The van der Waals surface area contributed by atoms with Gasteiger partial charge in [0, 0.05) is 0 Å². The molecule has 0 heterocycles. The first-order valence-corrected chi connectivity index (χ1v) is 34.6. The fourth-order valence-corrected chi connectivity index (χ4v) is 25.3. The van der Waals surface area contributed by atoms with Crippen LogP contribution in [0.25, 0.3) is 98.4 Å². The van der Waals surface area contributed by atoms with E-state index in [1.807, 2.05) is 0 Å². The van der Waals surface area contributed by atoms with Crippen molar-refractivity contribution < 1.29 is 0 Å². The lowest BCUT2D eigenvalue weighted by Crippen LogP contribution is -2.75. The molecule has 0 aliphatic carbocycles. The van der Waals surface area contributed by atoms with Gasteiger partial charge in [-0.25, -0.2) is 0 Å². The predicted octanol–water partition coefficient (Wildman–Crippen LogP) is 16.9. The van der Waals surface area contributed by atoms with Crippen LogP contribution >= 0.6 is 0 Å². The molecule has 0 nitrogen and oxygen atoms in total. The third kappa shape index (κ3) is 8.63. The smallest absolute Gasteiger partial charge is 0.0623 e. The van der Waals surface area contributed by atoms with Crippen LogP contribution < -0.4 is 41.5 Å². The van der Waals surface area contributed by atoms with Crippen molar-refractivity contribution in [2.24, 2.45) is 0 Å². The Morgan fingerprint density at radius 3 is 0.739 bits per heavy atom. The summed E-state index contributed by atoms with van der Waals surface area (Å²) >= 11 is 0. The Morgan fingerprint density at radius 1 is 0.148 bits per heavy atom. The molecule has 0 spiro atoms. The first-order valence-electron chi connectivity index (χ1n) is 30.6. The van der Waals surface area contributed by atoms with Crippen molar-refractivity contribution in [3.8, 4) is 44.5 Å². The zero-order chi connectivity index (χ0) is 58.4. The van der Waals surface area contributed by atoms with E-state index in [1.54, 1.807) is 0 Å². The maximum Gasteiger partial charge on any atom is 0.180 e. The van der Waals surface area contributed by atoms with Crippen LogP contribution in [0.5, 0.6) is 0 Å². The van der Waals surface area contributed by atoms with Gasteiger partial charge in [-0.2, -0.15) is 0 Å². The molecular formula is C86H60Si2. The number of rotatable bonds is 12. The summed E-state index contributed by atoms with van der Waals surface area (Å²) in [5.74, 6) is 0. The molecule has 0 N–H and O–H groups in total. The van der Waals surface area contributed by atoms with Crippen LogP contribution in [-0.4, -0.2) is 16.1 Å². The Labute approximate surface area is 516 Å². The van der Waals surface area contributed by atoms with Gasteiger partial charge in [0.15, 0.2) is 16.1 Å². The molecule has 0 saturated heterocycles. The molecule has 0 unspecified atom stereocenters. The third-order valence-electron chi connectivity index (χ3n) is 18.7. The van der Waals surface area contributed by atoms with Crippen LogP contribution in [0.3, 0.4) is 0 Å². The summed E-state index contributed by atoms with van der Waals surface area (Å²) in [6, 6.07) is 137. The minimum atomic E-state index is -3.12. The first-order chi connectivity index (χ1) is 43.7. The summed E-state index contributed by atoms with van der Waals surface area (Å²) in [5.41, 5.74) is 9.79. The van der Waals surface area contributed by atoms with E-state index in [2.05, 4.69) is 364 Å². The van der Waals surface area contributed by atoms with E-state index in [0.29, 0.717) is 0 Å². The zero-order valence-electron chi connectivity index (χ0n) is 48.6. The monoisotopic (exact) mass is 1150 g/mol. The lowest BCUT2D eigenvalue weighted by atomic mass is 9.90. The summed E-state index contributed by atoms with van der Waals surface area (Å²) in [7, 11) is -6.06. The highest BCUT2D eigenvalue weighted by Crippen LogP contribution is 2.41. The van der Waals surface area contributed by atoms with Crippen molar-refractivity contribution >= 4 is 112 Å². The summed E-state index contributed by atoms with van der Waals surface area (Å²) < 4.78 is 0. The van der Waals surface area contributed by atoms with Gasteiger partial charge in [0.2, 0.25) is 0 Å². The molecule has 0 atom stereocenters. The Kier molecular flexibility index (Phi) is 13.4. The number of hydrogen-bond acceptors (Lipinski definition) is 0. The van der Waals surface area contributed by atoms with Crippen molar-refractivity contribution in [3.63, 3.8) is 0 Å². The fraction of sp³-hybridized carbons (Fsp3) is 0. The summed E-state index contributed by atoms with van der Waals surface area (Å²) in [5, 5.41) is 23.7. The molecule has 0 radical (unpaired) electrons. The highest BCUT2D eigenvalue weighted by atomic mass is 28.3. The molecule has 0 aromatic heterocycles. The topological polar surface area (TPSA) is 0 Å². The second kappa shape index (κ2) is 22.3. The van der Waals surface area contributed by atoms with Crippen LogP contribution in [0.15, 0.2) is 364 Å². The number of hydrogen-bond donors (Lipinski definition) is 0. The van der Waals surface area contributed by atoms with E-state index in [-0.39, 0.29) is 0 Å². The number of benzene rings is 16. The summed E-state index contributed by atoms with van der Waals surface area (Å²) in [4.78, 5) is 0. The standard InChI is InChI=1S/C86H60Si2/c1-7-27-61(28-8-1)62-47-49-64(50-48-62)83-75-39-19-23-43-79(75)86(80-44-24-20-40-76(80)83)88(72-35-15-5-16-36-72,73-37-17-6-18-38-73)74-57-55-63(56-58-74)65-51-52-67-60-68(54-53-66(67)59-65)84-77-41-21-25-45-81(77)85(82-46-26-22-42-78(82)84)87(69-29-9-2-10-30-69,70-31-11-3-12-32-70)71-33-13-4-14-34-71/h1-60H. The van der Waals surface area contributed by atoms with Crippen molar-refractivity contribution in [1.82, 2.24) is 0 Å². The Balaban J connectivity index is 0.839. The van der Waals surface area contributed by atoms with E-state index >= 15 is 0 Å². The largest absolute Gasteiger partial charge is 0.180 e. The molecule has 0 amide bonds. The van der Waals surface area contributed by atoms with Gasteiger partial charge in [-0.3, -0.25) is 0 Å². The zero-order valence-corrected chi connectivity index (χ0v) is 50.6. The van der Waals surface area contributed by atoms with E-state index in [9.17, 15) is 0 Å². The van der Waals surface area contributed by atoms with E-state index in [1.165, 1.54) is 140 Å². The Hall–Kier alpha value is -10.7. The van der Waals surface area contributed by atoms with E-state index in [0.717, 1.165) is 0 Å². The first kappa shape index (κ1) is 52.8. The van der Waals surface area contributed by atoms with Crippen LogP contribution in [0.1, 0.15) is 0 Å². The SMILES string of the molecule is c1ccc(-c2ccc(-c3c4ccccc4c([Si](c4ccccc4)(c4ccccc4)c4ccc(-c5ccc6cc(-c7c8ccccc8c([Si](c8ccccc8)(c8ccccc8)c8ccccc8)c8ccccc78)ccc6c5)cc4)c4ccccc34)cc2)cc1. The molecule has 0 aliphatic heterocycles. The van der Waals surface area contributed by atoms with Crippen LogP contribution in [0.2, 0.25) is 0 Å². The van der Waals surface area contributed by atoms with Gasteiger partial charge in [-0.1, -0.05) is 352 Å². The highest BCUT2D eigenvalue weighted by Gasteiger charge is 2.46. The predicted molar refractivity (Wildman–Crippen MR) is 383 cm³/mol. The summed E-state index contributed by atoms with van der Waals surface area (Å²) in [6.45, 7) is 0. The van der Waals surface area contributed by atoms with Gasteiger partial charge < -0.3 is 0 Å². The minimum absolute atomic E-state index is 1.19. The van der Waals surface area contributed by atoms with Gasteiger partial charge >= 0.3 is 0 Å². The average Bonchev–Trinajstić information content (AvgIpc) is 0.742. The van der Waals surface area contributed by atoms with Crippen molar-refractivity contribution in [3.05, 3.63) is 364 Å². The van der Waals surface area contributed by atoms with Crippen molar-refractivity contribution in [2.75, 3.05) is 0 Å². The lowest BCUT2D eigenvalue weighted by Gasteiger charge is -2.37. The Morgan fingerprint density at radius 2 is 0.375 bits per heavy atom. The van der Waals surface area contributed by atoms with Crippen molar-refractivity contribution in [1.29, 1.82) is 0 Å². The second-order valence-electron chi connectivity index (χ2n) is 23.3. The van der Waals surface area contributed by atoms with Gasteiger partial charge in [0.05, 0.1) is 0 Å². The molecule has 0 fully saturated rings. The second-order valence-corrected chi connectivity index (χ2v) is 30.8. The van der Waals surface area contributed by atoms with E-state index < -0.39 is 16.1 Å². The fourth-order valence-electron chi connectivity index (χ4n) is 14.9. The molecule has 16 rings (SSSR count). The summed E-state index contributed by atoms with van der Waals surface area (Å²) in [6.07, 6.45) is 0. The molecule has 16 aromatic carbocycles. The van der Waals surface area contributed by atoms with E-state index in [4.69, 9.17) is 0 Å². The maximum atomic E-state index is 2.46. The van der Waals surface area contributed by atoms with Crippen LogP contribution in [0, 0.1) is 0 Å². The molecule has 0 aliphatic rings. The molecule has 0 saturated carbocycles. The van der Waals surface area contributed by atoms with Crippen molar-refractivity contribution in [2.45, 2.75) is 0 Å². The van der Waals surface area contributed by atoms with Crippen LogP contribution in [-0.2, 0) is 0 Å². The molecule has 0 bridgehead atoms. The van der Waals surface area contributed by atoms with Gasteiger partial charge in [0.25, 0.3) is 0 Å². The normalized spacial score (nSPS) is 11.9.